The molecule has 0 radical (unpaired) electrons. The van der Waals surface area contributed by atoms with Gasteiger partial charge in [-0.1, -0.05) is 51.4 Å². The Morgan fingerprint density at radius 3 is 0.892 bits per heavy atom. The molecule has 10 heteroatoms. The summed E-state index contributed by atoms with van der Waals surface area (Å²) < 4.78 is 32.9. The van der Waals surface area contributed by atoms with Gasteiger partial charge in [0.2, 0.25) is 0 Å². The predicted octanol–water partition coefficient (Wildman–Crippen LogP) is 5.68. The quantitative estimate of drug-likeness (QED) is 0.0886. The number of unbranched alkanes of at least 4 members (excludes halogenated alkanes) is 10. The minimum Gasteiger partial charge on any atom is -0.377 e. The summed E-state index contributed by atoms with van der Waals surface area (Å²) in [5.74, 6) is 0. The summed E-state index contributed by atoms with van der Waals surface area (Å²) >= 11 is 0. The number of rotatable bonds is 28. The van der Waals surface area contributed by atoms with Crippen molar-refractivity contribution in [2.24, 2.45) is 0 Å². The molecule has 0 aromatic heterocycles. The molecule has 0 saturated heterocycles. The average Bonchev–Trinajstić information content (AvgIpc) is 2.92. The zero-order valence-corrected chi connectivity index (χ0v) is 27.8. The molecule has 37 heavy (non-hydrogen) atoms. The van der Waals surface area contributed by atoms with Crippen LogP contribution in [0.3, 0.4) is 0 Å². The van der Waals surface area contributed by atoms with Crippen molar-refractivity contribution in [3.8, 4) is 0 Å². The molecular weight excluding hydrogens is 504 g/mol. The van der Waals surface area contributed by atoms with E-state index in [0.29, 0.717) is 0 Å². The highest BCUT2D eigenvalue weighted by molar-refractivity contribution is 6.60. The zero-order valence-electron chi connectivity index (χ0n) is 25.8. The Kier molecular flexibility index (Phi) is 24.0. The van der Waals surface area contributed by atoms with Crippen molar-refractivity contribution in [3.63, 3.8) is 0 Å². The fourth-order valence-corrected chi connectivity index (χ4v) is 8.40. The van der Waals surface area contributed by atoms with E-state index in [2.05, 4.69) is 23.9 Å². The van der Waals surface area contributed by atoms with Gasteiger partial charge in [-0.2, -0.15) is 0 Å². The molecule has 0 aliphatic carbocycles. The van der Waals surface area contributed by atoms with Crippen molar-refractivity contribution in [2.75, 3.05) is 82.9 Å². The Bertz CT molecular complexity index is 441. The molecule has 8 nitrogen and oxygen atoms in total. The van der Waals surface area contributed by atoms with Crippen molar-refractivity contribution in [3.05, 3.63) is 0 Å². The highest BCUT2D eigenvalue weighted by Gasteiger charge is 2.37. The van der Waals surface area contributed by atoms with Crippen LogP contribution in [-0.4, -0.2) is 110 Å². The monoisotopic (exact) mass is 566 g/mol. The van der Waals surface area contributed by atoms with E-state index in [1.54, 1.807) is 42.7 Å². The second-order valence-electron chi connectivity index (χ2n) is 10.3. The van der Waals surface area contributed by atoms with Crippen molar-refractivity contribution in [2.45, 2.75) is 95.6 Å². The summed E-state index contributed by atoms with van der Waals surface area (Å²) in [5.41, 5.74) is 0. The fourth-order valence-electron chi connectivity index (χ4n) is 4.81. The minimum atomic E-state index is -2.37. The van der Waals surface area contributed by atoms with Gasteiger partial charge in [0.15, 0.2) is 0 Å². The van der Waals surface area contributed by atoms with Gasteiger partial charge in [0.1, 0.15) is 0 Å². The first-order valence-corrected chi connectivity index (χ1v) is 18.4. The molecule has 0 saturated carbocycles. The van der Waals surface area contributed by atoms with Crippen LogP contribution < -0.4 is 0 Å². The topological polar surface area (TPSA) is 61.9 Å². The van der Waals surface area contributed by atoms with Gasteiger partial charge in [0.25, 0.3) is 0 Å². The van der Waals surface area contributed by atoms with Crippen LogP contribution in [0.2, 0.25) is 12.1 Å². The van der Waals surface area contributed by atoms with Gasteiger partial charge in [-0.25, -0.2) is 0 Å². The second kappa shape index (κ2) is 24.0. The molecule has 0 aromatic carbocycles. The number of hydrogen-bond donors (Lipinski definition) is 0. The van der Waals surface area contributed by atoms with E-state index in [4.69, 9.17) is 26.6 Å². The predicted molar refractivity (Wildman–Crippen MR) is 158 cm³/mol. The molecule has 0 bridgehead atoms. The average molecular weight is 567 g/mol. The lowest BCUT2D eigenvalue weighted by Gasteiger charge is -2.24. The van der Waals surface area contributed by atoms with Gasteiger partial charge in [0.05, 0.1) is 0 Å². The molecule has 0 heterocycles. The Labute approximate surface area is 232 Å². The number of hydrogen-bond acceptors (Lipinski definition) is 8. The SMILES string of the molecule is CO[Si](CCCCCCCCN(C)CCCN(C)CCCCCCCC[Si](OC)(OC)OC)(OC)OC. The van der Waals surface area contributed by atoms with E-state index in [1.807, 2.05) is 0 Å². The van der Waals surface area contributed by atoms with E-state index in [9.17, 15) is 0 Å². The molecule has 0 unspecified atom stereocenters. The highest BCUT2D eigenvalue weighted by Crippen LogP contribution is 2.19. The van der Waals surface area contributed by atoms with Crippen molar-refractivity contribution in [1.82, 2.24) is 9.80 Å². The maximum absolute atomic E-state index is 5.49. The maximum Gasteiger partial charge on any atom is 0.500 e. The smallest absolute Gasteiger partial charge is 0.377 e. The van der Waals surface area contributed by atoms with Gasteiger partial charge in [-0.05, 0) is 72.4 Å². The van der Waals surface area contributed by atoms with E-state index in [1.165, 1.54) is 96.8 Å². The van der Waals surface area contributed by atoms with Gasteiger partial charge in [-0.3, -0.25) is 0 Å². The first-order chi connectivity index (χ1) is 17.9. The van der Waals surface area contributed by atoms with Gasteiger partial charge >= 0.3 is 17.6 Å². The van der Waals surface area contributed by atoms with E-state index < -0.39 is 17.6 Å². The van der Waals surface area contributed by atoms with Crippen molar-refractivity contribution >= 4 is 17.6 Å². The Hall–Kier alpha value is 0.114. The van der Waals surface area contributed by atoms with Crippen LogP contribution in [0, 0.1) is 0 Å². The molecule has 0 N–H and O–H groups in total. The Balaban J connectivity index is 3.57. The third-order valence-corrected chi connectivity index (χ3v) is 13.2. The lowest BCUT2D eigenvalue weighted by molar-refractivity contribution is 0.122. The van der Waals surface area contributed by atoms with Crippen molar-refractivity contribution < 1.29 is 26.6 Å². The highest BCUT2D eigenvalue weighted by atomic mass is 28.4. The Morgan fingerprint density at radius 1 is 0.351 bits per heavy atom. The third-order valence-electron chi connectivity index (χ3n) is 7.49. The summed E-state index contributed by atoms with van der Waals surface area (Å²) in [6.45, 7) is 4.80. The van der Waals surface area contributed by atoms with Crippen LogP contribution in [0.1, 0.15) is 83.5 Å². The van der Waals surface area contributed by atoms with Crippen LogP contribution in [-0.2, 0) is 26.6 Å². The molecule has 0 amide bonds. The largest absolute Gasteiger partial charge is 0.500 e. The normalized spacial score (nSPS) is 12.8. The second-order valence-corrected chi connectivity index (χ2v) is 16.5. The van der Waals surface area contributed by atoms with Crippen LogP contribution in [0.15, 0.2) is 0 Å². The van der Waals surface area contributed by atoms with E-state index in [0.717, 1.165) is 24.9 Å². The number of nitrogens with zero attached hydrogens (tertiary/aromatic N) is 2. The molecule has 0 atom stereocenters. The first-order valence-electron chi connectivity index (χ1n) is 14.5. The van der Waals surface area contributed by atoms with Crippen molar-refractivity contribution in [1.29, 1.82) is 0 Å². The maximum atomic E-state index is 5.49. The van der Waals surface area contributed by atoms with Crippen LogP contribution in [0.4, 0.5) is 0 Å². The van der Waals surface area contributed by atoms with E-state index in [-0.39, 0.29) is 0 Å². The molecule has 0 aromatic rings. The molecule has 0 aliphatic heterocycles. The lowest BCUT2D eigenvalue weighted by atomic mass is 10.1. The van der Waals surface area contributed by atoms with Gasteiger partial charge < -0.3 is 36.4 Å². The summed E-state index contributed by atoms with van der Waals surface area (Å²) in [6, 6.07) is 1.82. The summed E-state index contributed by atoms with van der Waals surface area (Å²) in [5, 5.41) is 0. The Morgan fingerprint density at radius 2 is 0.595 bits per heavy atom. The first kappa shape index (κ1) is 37.1. The van der Waals surface area contributed by atoms with Crippen LogP contribution >= 0.6 is 0 Å². The molecule has 0 rings (SSSR count). The minimum absolute atomic E-state index is 0.912. The van der Waals surface area contributed by atoms with Crippen LogP contribution in [0.25, 0.3) is 0 Å². The third kappa shape index (κ3) is 18.2. The standard InChI is InChI=1S/C27H62N2O6Si2/c1-28(22-17-13-9-11-15-19-26-36(30-3,31-4)32-5)24-21-25-29(2)23-18-14-10-12-16-20-27-37(33-6,34-7)35-8/h9-27H2,1-8H3. The summed E-state index contributed by atoms with van der Waals surface area (Å²) in [4.78, 5) is 5.00. The lowest BCUT2D eigenvalue weighted by Crippen LogP contribution is -2.42. The molecule has 0 fully saturated rings. The molecular formula is C27H62N2O6Si2. The molecule has 0 spiro atoms. The molecule has 224 valence electrons. The summed E-state index contributed by atoms with van der Waals surface area (Å²) in [6.07, 6.45) is 16.4. The van der Waals surface area contributed by atoms with E-state index >= 15 is 0 Å². The van der Waals surface area contributed by atoms with Crippen LogP contribution in [0.5, 0.6) is 0 Å². The molecule has 0 aliphatic rings. The summed E-state index contributed by atoms with van der Waals surface area (Å²) in [7, 11) is 9.95. The van der Waals surface area contributed by atoms with Gasteiger partial charge in [0, 0.05) is 54.7 Å². The zero-order chi connectivity index (χ0) is 27.8. The fraction of sp³-hybridized carbons (Fsp3) is 1.00. The van der Waals surface area contributed by atoms with Gasteiger partial charge in [-0.15, -0.1) is 0 Å².